The predicted octanol–water partition coefficient (Wildman–Crippen LogP) is 5.18. The van der Waals surface area contributed by atoms with Gasteiger partial charge >= 0.3 is 5.97 Å². The molecule has 9 heteroatoms. The smallest absolute Gasteiger partial charge is 0.363 e. The molecule has 33 heavy (non-hydrogen) atoms. The fourth-order valence-electron chi connectivity index (χ4n) is 3.10. The Morgan fingerprint density at radius 2 is 1.88 bits per heavy atom. The first-order chi connectivity index (χ1) is 15.9. The Morgan fingerprint density at radius 3 is 2.61 bits per heavy atom. The number of cyclic esters (lactones) is 1. The number of ether oxygens (including phenoxy) is 3. The molecule has 0 aromatic heterocycles. The van der Waals surface area contributed by atoms with Gasteiger partial charge in [0.05, 0.1) is 22.6 Å². The van der Waals surface area contributed by atoms with E-state index in [-0.39, 0.29) is 27.9 Å². The van der Waals surface area contributed by atoms with Gasteiger partial charge in [-0.1, -0.05) is 48.0 Å². The lowest BCUT2D eigenvalue weighted by Gasteiger charge is -2.11. The minimum absolute atomic E-state index is 0.0209. The number of halogens is 1. The van der Waals surface area contributed by atoms with E-state index in [1.54, 1.807) is 18.2 Å². The maximum Gasteiger partial charge on any atom is 0.363 e. The Hall–Kier alpha value is -4.17. The van der Waals surface area contributed by atoms with E-state index in [0.717, 1.165) is 5.56 Å². The molecular weight excluding hydrogens is 448 g/mol. The zero-order valence-electron chi connectivity index (χ0n) is 17.4. The van der Waals surface area contributed by atoms with Crippen molar-refractivity contribution >= 4 is 35.2 Å². The summed E-state index contributed by atoms with van der Waals surface area (Å²) < 4.78 is 16.5. The van der Waals surface area contributed by atoms with E-state index in [9.17, 15) is 14.9 Å². The molecule has 0 fully saturated rings. The van der Waals surface area contributed by atoms with Crippen LogP contribution in [0.1, 0.15) is 16.7 Å². The van der Waals surface area contributed by atoms with Gasteiger partial charge in [0, 0.05) is 12.1 Å². The third-order valence-corrected chi connectivity index (χ3v) is 5.07. The first-order valence-corrected chi connectivity index (χ1v) is 10.1. The number of rotatable bonds is 7. The lowest BCUT2D eigenvalue weighted by Crippen LogP contribution is -2.06. The number of non-ortho nitro benzene ring substituents is 1. The maximum atomic E-state index is 12.3. The highest BCUT2D eigenvalue weighted by Crippen LogP contribution is 2.31. The normalized spacial score (nSPS) is 14.1. The SMILES string of the molecule is COc1cc(/C=C2\N=C(c3cc([N+](=O)[O-])ccc3Cl)OC2=O)ccc1OCc1ccccc1. The maximum absolute atomic E-state index is 12.3. The van der Waals surface area contributed by atoms with Crippen LogP contribution >= 0.6 is 11.6 Å². The topological polar surface area (TPSA) is 100 Å². The van der Waals surface area contributed by atoms with E-state index >= 15 is 0 Å². The molecule has 0 bridgehead atoms. The van der Waals surface area contributed by atoms with E-state index in [1.807, 2.05) is 30.3 Å². The molecule has 0 radical (unpaired) electrons. The summed E-state index contributed by atoms with van der Waals surface area (Å²) in [5.41, 5.74) is 1.63. The van der Waals surface area contributed by atoms with Crippen LogP contribution in [0, 0.1) is 10.1 Å². The van der Waals surface area contributed by atoms with Crippen LogP contribution in [0.25, 0.3) is 6.08 Å². The van der Waals surface area contributed by atoms with Gasteiger partial charge in [0.2, 0.25) is 5.90 Å². The van der Waals surface area contributed by atoms with Crippen LogP contribution in [0.5, 0.6) is 11.5 Å². The van der Waals surface area contributed by atoms with E-state index < -0.39 is 10.9 Å². The third-order valence-electron chi connectivity index (χ3n) is 4.74. The summed E-state index contributed by atoms with van der Waals surface area (Å²) in [4.78, 5) is 27.0. The van der Waals surface area contributed by atoms with Crippen molar-refractivity contribution in [2.75, 3.05) is 7.11 Å². The summed E-state index contributed by atoms with van der Waals surface area (Å²) in [6.07, 6.45) is 1.52. The third kappa shape index (κ3) is 5.02. The van der Waals surface area contributed by atoms with Crippen molar-refractivity contribution in [3.8, 4) is 11.5 Å². The number of nitrogens with zero attached hydrogens (tertiary/aromatic N) is 2. The Morgan fingerprint density at radius 1 is 1.09 bits per heavy atom. The van der Waals surface area contributed by atoms with Crippen LogP contribution in [0.2, 0.25) is 5.02 Å². The molecule has 0 amide bonds. The fraction of sp³-hybridized carbons (Fsp3) is 0.0833. The monoisotopic (exact) mass is 464 g/mol. The molecule has 1 heterocycles. The lowest BCUT2D eigenvalue weighted by atomic mass is 10.1. The minimum Gasteiger partial charge on any atom is -0.493 e. The molecule has 8 nitrogen and oxygen atoms in total. The second-order valence-electron chi connectivity index (χ2n) is 6.94. The van der Waals surface area contributed by atoms with E-state index in [4.69, 9.17) is 25.8 Å². The van der Waals surface area contributed by atoms with E-state index in [1.165, 1.54) is 31.4 Å². The van der Waals surface area contributed by atoms with Crippen LogP contribution in [0.4, 0.5) is 5.69 Å². The van der Waals surface area contributed by atoms with Gasteiger partial charge < -0.3 is 14.2 Å². The molecule has 3 aromatic carbocycles. The van der Waals surface area contributed by atoms with Crippen molar-refractivity contribution < 1.29 is 23.9 Å². The second kappa shape index (κ2) is 9.54. The molecule has 1 aliphatic heterocycles. The number of benzene rings is 3. The summed E-state index contributed by atoms with van der Waals surface area (Å²) in [7, 11) is 1.52. The van der Waals surface area contributed by atoms with Gasteiger partial charge in [-0.05, 0) is 35.4 Å². The highest BCUT2D eigenvalue weighted by atomic mass is 35.5. The van der Waals surface area contributed by atoms with Crippen molar-refractivity contribution in [1.29, 1.82) is 0 Å². The Bertz CT molecular complexity index is 1290. The fourth-order valence-corrected chi connectivity index (χ4v) is 3.30. The Balaban J connectivity index is 1.58. The molecule has 4 rings (SSSR count). The molecule has 0 unspecified atom stereocenters. The molecule has 166 valence electrons. The number of aliphatic imine (C=N–C) groups is 1. The number of carbonyl (C=O) groups excluding carboxylic acids is 1. The molecule has 1 aliphatic rings. The highest BCUT2D eigenvalue weighted by Gasteiger charge is 2.27. The molecule has 0 saturated heterocycles. The molecule has 0 saturated carbocycles. The zero-order chi connectivity index (χ0) is 23.4. The summed E-state index contributed by atoms with van der Waals surface area (Å²) in [5, 5.41) is 11.2. The molecule has 0 atom stereocenters. The number of methoxy groups -OCH3 is 1. The summed E-state index contributed by atoms with van der Waals surface area (Å²) in [6, 6.07) is 18.7. The number of nitro groups is 1. The summed E-state index contributed by atoms with van der Waals surface area (Å²) in [6.45, 7) is 0.377. The average Bonchev–Trinajstić information content (AvgIpc) is 3.18. The van der Waals surface area contributed by atoms with Crippen LogP contribution < -0.4 is 9.47 Å². The predicted molar refractivity (Wildman–Crippen MR) is 122 cm³/mol. The van der Waals surface area contributed by atoms with Crippen LogP contribution in [-0.2, 0) is 16.1 Å². The summed E-state index contributed by atoms with van der Waals surface area (Å²) in [5.74, 6) is 0.230. The van der Waals surface area contributed by atoms with Crippen LogP contribution in [0.15, 0.2) is 77.4 Å². The van der Waals surface area contributed by atoms with Crippen molar-refractivity contribution in [2.24, 2.45) is 4.99 Å². The second-order valence-corrected chi connectivity index (χ2v) is 7.35. The number of esters is 1. The lowest BCUT2D eigenvalue weighted by molar-refractivity contribution is -0.384. The van der Waals surface area contributed by atoms with E-state index in [2.05, 4.69) is 4.99 Å². The Labute approximate surface area is 193 Å². The van der Waals surface area contributed by atoms with Crippen LogP contribution in [-0.4, -0.2) is 23.9 Å². The molecule has 0 N–H and O–H groups in total. The van der Waals surface area contributed by atoms with Gasteiger partial charge in [0.25, 0.3) is 5.69 Å². The number of nitro benzene ring substituents is 1. The number of hydrogen-bond acceptors (Lipinski definition) is 7. The Kier molecular flexibility index (Phi) is 6.37. The molecule has 0 aliphatic carbocycles. The molecule has 0 spiro atoms. The van der Waals surface area contributed by atoms with Gasteiger partial charge in [-0.15, -0.1) is 0 Å². The molecule has 3 aromatic rings. The molecular formula is C24H17ClN2O6. The first kappa shape index (κ1) is 22.0. The van der Waals surface area contributed by atoms with Gasteiger partial charge in [0.15, 0.2) is 17.2 Å². The van der Waals surface area contributed by atoms with Gasteiger partial charge in [-0.25, -0.2) is 9.79 Å². The van der Waals surface area contributed by atoms with E-state index in [0.29, 0.717) is 23.7 Å². The standard InChI is InChI=1S/C24H17ClN2O6/c1-31-22-12-16(7-10-21(22)32-14-15-5-3-2-4-6-15)11-20-24(28)33-23(26-20)18-13-17(27(29)30)8-9-19(18)25/h2-13H,14H2,1H3/b20-11-. The number of hydrogen-bond donors (Lipinski definition) is 0. The van der Waals surface area contributed by atoms with Gasteiger partial charge in [-0.3, -0.25) is 10.1 Å². The van der Waals surface area contributed by atoms with Crippen LogP contribution in [0.3, 0.4) is 0 Å². The van der Waals surface area contributed by atoms with Gasteiger partial charge in [0.1, 0.15) is 6.61 Å². The van der Waals surface area contributed by atoms with Crippen molar-refractivity contribution in [1.82, 2.24) is 0 Å². The van der Waals surface area contributed by atoms with Crippen molar-refractivity contribution in [3.05, 3.63) is 104 Å². The zero-order valence-corrected chi connectivity index (χ0v) is 18.1. The van der Waals surface area contributed by atoms with Crippen molar-refractivity contribution in [3.63, 3.8) is 0 Å². The largest absolute Gasteiger partial charge is 0.493 e. The quantitative estimate of drug-likeness (QED) is 0.207. The number of carbonyl (C=O) groups is 1. The van der Waals surface area contributed by atoms with Gasteiger partial charge in [-0.2, -0.15) is 0 Å². The first-order valence-electron chi connectivity index (χ1n) is 9.76. The average molecular weight is 465 g/mol. The summed E-state index contributed by atoms with van der Waals surface area (Å²) >= 11 is 6.12. The highest BCUT2D eigenvalue weighted by molar-refractivity contribution is 6.34. The minimum atomic E-state index is -0.698. The van der Waals surface area contributed by atoms with Crippen molar-refractivity contribution in [2.45, 2.75) is 6.61 Å².